The highest BCUT2D eigenvalue weighted by Gasteiger charge is 2.20. The molecule has 0 radical (unpaired) electrons. The maximum atomic E-state index is 10.4. The van der Waals surface area contributed by atoms with Gasteiger partial charge in [-0.3, -0.25) is 0 Å². The predicted octanol–water partition coefficient (Wildman–Crippen LogP) is 4.90. The molecule has 2 nitrogen and oxygen atoms in total. The smallest absolute Gasteiger partial charge is 0.107 e. The number of furan rings is 1. The Morgan fingerprint density at radius 1 is 1.26 bits per heavy atom. The first-order valence-electron chi connectivity index (χ1n) is 6.08. The molecule has 0 spiro atoms. The Hall–Kier alpha value is -0.770. The van der Waals surface area contributed by atoms with E-state index in [0.29, 0.717) is 11.4 Å². The summed E-state index contributed by atoms with van der Waals surface area (Å²) in [4.78, 5) is 0. The van der Waals surface area contributed by atoms with Gasteiger partial charge in [0.2, 0.25) is 0 Å². The third kappa shape index (κ3) is 3.04. The van der Waals surface area contributed by atoms with Gasteiger partial charge >= 0.3 is 0 Å². The second-order valence-electron chi connectivity index (χ2n) is 4.71. The average Bonchev–Trinajstić information content (AvgIpc) is 2.57. The molecule has 4 heteroatoms. The lowest BCUT2D eigenvalue weighted by molar-refractivity contribution is 0.176. The number of aryl methyl sites for hydroxylation is 2. The van der Waals surface area contributed by atoms with Crippen LogP contribution in [-0.2, 0) is 6.42 Å². The van der Waals surface area contributed by atoms with Crippen molar-refractivity contribution in [3.8, 4) is 0 Å². The normalized spacial score (nSPS) is 12.7. The van der Waals surface area contributed by atoms with E-state index < -0.39 is 6.10 Å². The van der Waals surface area contributed by atoms with Gasteiger partial charge in [0.1, 0.15) is 11.5 Å². The van der Waals surface area contributed by atoms with Crippen LogP contribution < -0.4 is 0 Å². The highest BCUT2D eigenvalue weighted by atomic mass is 79.9. The average molecular weight is 344 g/mol. The summed E-state index contributed by atoms with van der Waals surface area (Å²) in [6.45, 7) is 5.75. The Kier molecular flexibility index (Phi) is 4.39. The highest BCUT2D eigenvalue weighted by molar-refractivity contribution is 9.10. The van der Waals surface area contributed by atoms with Gasteiger partial charge in [-0.1, -0.05) is 33.6 Å². The molecule has 1 heterocycles. The molecule has 1 aromatic carbocycles. The van der Waals surface area contributed by atoms with Crippen LogP contribution in [0.2, 0.25) is 5.02 Å². The Balaban J connectivity index is 2.28. The van der Waals surface area contributed by atoms with E-state index in [-0.39, 0.29) is 0 Å². The van der Waals surface area contributed by atoms with Crippen LogP contribution in [0.25, 0.3) is 0 Å². The summed E-state index contributed by atoms with van der Waals surface area (Å²) in [6, 6.07) is 5.69. The topological polar surface area (TPSA) is 33.4 Å². The Morgan fingerprint density at radius 2 is 1.95 bits per heavy atom. The summed E-state index contributed by atoms with van der Waals surface area (Å²) >= 11 is 9.55. The number of aliphatic hydroxyl groups is 1. The van der Waals surface area contributed by atoms with Crippen molar-refractivity contribution < 1.29 is 9.52 Å². The molecule has 0 bridgehead atoms. The van der Waals surface area contributed by atoms with Crippen LogP contribution in [0.3, 0.4) is 0 Å². The Morgan fingerprint density at radius 3 is 2.47 bits per heavy atom. The first kappa shape index (κ1) is 14.6. The molecule has 0 saturated heterocycles. The van der Waals surface area contributed by atoms with Gasteiger partial charge in [0, 0.05) is 21.5 Å². The minimum absolute atomic E-state index is 0.479. The van der Waals surface area contributed by atoms with Crippen LogP contribution >= 0.6 is 27.5 Å². The van der Waals surface area contributed by atoms with Gasteiger partial charge < -0.3 is 9.52 Å². The zero-order chi connectivity index (χ0) is 14.2. The lowest BCUT2D eigenvalue weighted by Crippen LogP contribution is -2.04. The molecule has 0 aliphatic carbocycles. The van der Waals surface area contributed by atoms with Gasteiger partial charge in [0.25, 0.3) is 0 Å². The summed E-state index contributed by atoms with van der Waals surface area (Å²) < 4.78 is 6.49. The molecule has 19 heavy (non-hydrogen) atoms. The second-order valence-corrected chi connectivity index (χ2v) is 6.03. The van der Waals surface area contributed by atoms with Crippen molar-refractivity contribution in [3.63, 3.8) is 0 Å². The van der Waals surface area contributed by atoms with Gasteiger partial charge in [-0.15, -0.1) is 0 Å². The molecule has 0 aliphatic rings. The maximum Gasteiger partial charge on any atom is 0.107 e. The zero-order valence-electron chi connectivity index (χ0n) is 11.1. The number of aliphatic hydroxyl groups excluding tert-OH is 1. The van der Waals surface area contributed by atoms with Crippen molar-refractivity contribution in [3.05, 3.63) is 55.9 Å². The molecule has 2 rings (SSSR count). The molecular weight excluding hydrogens is 328 g/mol. The first-order chi connectivity index (χ1) is 8.90. The zero-order valence-corrected chi connectivity index (χ0v) is 13.5. The maximum absolute atomic E-state index is 10.4. The molecule has 2 aromatic rings. The standard InChI is InChI=1S/C15H16BrClO2/c1-8-9(2)19-10(3)15(8)14(18)6-11-4-5-12(16)7-13(11)17/h4-5,7,14,18H,6H2,1-3H3. The molecule has 0 aliphatic heterocycles. The summed E-state index contributed by atoms with van der Waals surface area (Å²) in [6.07, 6.45) is -0.122. The van der Waals surface area contributed by atoms with E-state index >= 15 is 0 Å². The number of hydrogen-bond acceptors (Lipinski definition) is 2. The van der Waals surface area contributed by atoms with Crippen molar-refractivity contribution in [2.75, 3.05) is 0 Å². The summed E-state index contributed by atoms with van der Waals surface area (Å²) in [5, 5.41) is 11.1. The Bertz CT molecular complexity index is 604. The van der Waals surface area contributed by atoms with Crippen molar-refractivity contribution in [2.45, 2.75) is 33.3 Å². The van der Waals surface area contributed by atoms with Gasteiger partial charge in [0.15, 0.2) is 0 Å². The van der Waals surface area contributed by atoms with E-state index in [9.17, 15) is 5.11 Å². The van der Waals surface area contributed by atoms with Crippen LogP contribution in [-0.4, -0.2) is 5.11 Å². The van der Waals surface area contributed by atoms with Crippen molar-refractivity contribution in [1.82, 2.24) is 0 Å². The molecule has 102 valence electrons. The molecule has 1 aromatic heterocycles. The van der Waals surface area contributed by atoms with Gasteiger partial charge in [0.05, 0.1) is 6.10 Å². The van der Waals surface area contributed by atoms with E-state index in [1.54, 1.807) is 0 Å². The van der Waals surface area contributed by atoms with Gasteiger partial charge in [-0.25, -0.2) is 0 Å². The molecule has 0 saturated carbocycles. The molecule has 0 amide bonds. The Labute approximate surface area is 126 Å². The van der Waals surface area contributed by atoms with Crippen molar-refractivity contribution in [2.24, 2.45) is 0 Å². The van der Waals surface area contributed by atoms with E-state index in [1.165, 1.54) is 0 Å². The lowest BCUT2D eigenvalue weighted by atomic mass is 9.98. The summed E-state index contributed by atoms with van der Waals surface area (Å²) in [5.41, 5.74) is 2.81. The van der Waals surface area contributed by atoms with E-state index in [1.807, 2.05) is 39.0 Å². The predicted molar refractivity (Wildman–Crippen MR) is 80.7 cm³/mol. The molecule has 1 unspecified atom stereocenters. The van der Waals surface area contributed by atoms with Gasteiger partial charge in [-0.05, 0) is 44.0 Å². The fourth-order valence-electron chi connectivity index (χ4n) is 2.30. The van der Waals surface area contributed by atoms with E-state index in [0.717, 1.165) is 32.7 Å². The molecule has 1 N–H and O–H groups in total. The van der Waals surface area contributed by atoms with Crippen LogP contribution in [0.4, 0.5) is 0 Å². The van der Waals surface area contributed by atoms with Crippen LogP contribution in [0.5, 0.6) is 0 Å². The number of hydrogen-bond donors (Lipinski definition) is 1. The molecule has 0 fully saturated rings. The SMILES string of the molecule is Cc1oc(C)c(C(O)Cc2ccc(Br)cc2Cl)c1C. The quantitative estimate of drug-likeness (QED) is 0.860. The molecular formula is C15H16BrClO2. The van der Waals surface area contributed by atoms with Crippen LogP contribution in [0.1, 0.15) is 34.3 Å². The van der Waals surface area contributed by atoms with E-state index in [2.05, 4.69) is 15.9 Å². The molecule has 1 atom stereocenters. The van der Waals surface area contributed by atoms with Crippen molar-refractivity contribution in [1.29, 1.82) is 0 Å². The fraction of sp³-hybridized carbons (Fsp3) is 0.333. The minimum Gasteiger partial charge on any atom is -0.466 e. The first-order valence-corrected chi connectivity index (χ1v) is 7.25. The fourth-order valence-corrected chi connectivity index (χ4v) is 3.05. The van der Waals surface area contributed by atoms with Crippen LogP contribution in [0.15, 0.2) is 27.1 Å². The van der Waals surface area contributed by atoms with Gasteiger partial charge in [-0.2, -0.15) is 0 Å². The summed E-state index contributed by atoms with van der Waals surface area (Å²) in [7, 11) is 0. The summed E-state index contributed by atoms with van der Waals surface area (Å²) in [5.74, 6) is 1.63. The number of halogens is 2. The van der Waals surface area contributed by atoms with Crippen molar-refractivity contribution >= 4 is 27.5 Å². The lowest BCUT2D eigenvalue weighted by Gasteiger charge is -2.12. The highest BCUT2D eigenvalue weighted by Crippen LogP contribution is 2.31. The van der Waals surface area contributed by atoms with E-state index in [4.69, 9.17) is 16.0 Å². The second kappa shape index (κ2) is 5.70. The largest absolute Gasteiger partial charge is 0.466 e. The van der Waals surface area contributed by atoms with Crippen LogP contribution in [0, 0.1) is 20.8 Å². The third-order valence-electron chi connectivity index (χ3n) is 3.38. The number of benzene rings is 1. The number of rotatable bonds is 3. The minimum atomic E-state index is -0.601. The monoisotopic (exact) mass is 342 g/mol. The third-order valence-corrected chi connectivity index (χ3v) is 4.22.